The number of anilines is 2. The molecule has 2 aliphatic rings. The largest absolute Gasteiger partial charge is 0.424 e. The van der Waals surface area contributed by atoms with Crippen LogP contribution >= 0.6 is 0 Å². The molecule has 0 aliphatic heterocycles. The first-order chi connectivity index (χ1) is 15.3. The number of nitrogen functional groups attached to an aromatic ring is 1. The molecule has 2 aliphatic carbocycles. The number of benzene rings is 1. The molecule has 3 heterocycles. The average molecular weight is 413 g/mol. The van der Waals surface area contributed by atoms with E-state index in [0.29, 0.717) is 29.8 Å². The zero-order valence-corrected chi connectivity index (χ0v) is 17.0. The highest BCUT2D eigenvalue weighted by molar-refractivity contribution is 6.01. The van der Waals surface area contributed by atoms with Crippen molar-refractivity contribution in [2.45, 2.75) is 44.2 Å². The molecule has 2 fully saturated rings. The van der Waals surface area contributed by atoms with Crippen LogP contribution in [0, 0.1) is 0 Å². The van der Waals surface area contributed by atoms with Crippen LogP contribution in [-0.4, -0.2) is 30.5 Å². The minimum absolute atomic E-state index is 0.323. The SMILES string of the molecule is Nc1c(-c2cnc(NC3CC3)nc2)n(C2CCC2)c2cc(Oc3ncccn3)ccc12. The molecule has 6 rings (SSSR count). The first-order valence-electron chi connectivity index (χ1n) is 10.7. The molecule has 0 radical (unpaired) electrons. The number of hydrogen-bond acceptors (Lipinski definition) is 7. The third-order valence-electron chi connectivity index (χ3n) is 6.04. The standard InChI is InChI=1S/C23H23N7O/c24-20-18-8-7-17(31-23-25-9-2-10-26-23)11-19(18)30(16-3-1-4-16)21(20)14-12-27-22(28-13-14)29-15-5-6-15/h2,7-13,15-16H,1,3-6,24H2,(H,27,28,29). The normalized spacial score (nSPS) is 16.3. The summed E-state index contributed by atoms with van der Waals surface area (Å²) in [4.78, 5) is 17.4. The van der Waals surface area contributed by atoms with Crippen molar-refractivity contribution in [3.63, 3.8) is 0 Å². The van der Waals surface area contributed by atoms with Crippen molar-refractivity contribution in [3.05, 3.63) is 49.1 Å². The quantitative estimate of drug-likeness (QED) is 0.477. The molecule has 0 saturated heterocycles. The summed E-state index contributed by atoms with van der Waals surface area (Å²) in [6.07, 6.45) is 12.9. The molecule has 0 spiro atoms. The zero-order valence-electron chi connectivity index (χ0n) is 17.0. The number of aromatic nitrogens is 5. The van der Waals surface area contributed by atoms with Gasteiger partial charge in [-0.2, -0.15) is 0 Å². The van der Waals surface area contributed by atoms with E-state index in [0.717, 1.165) is 40.7 Å². The van der Waals surface area contributed by atoms with Crippen LogP contribution in [0.4, 0.5) is 11.6 Å². The third kappa shape index (κ3) is 3.34. The van der Waals surface area contributed by atoms with Gasteiger partial charge in [0.15, 0.2) is 0 Å². The molecule has 1 aromatic carbocycles. The zero-order chi connectivity index (χ0) is 20.8. The monoisotopic (exact) mass is 413 g/mol. The molecule has 3 aromatic heterocycles. The Morgan fingerprint density at radius 3 is 2.45 bits per heavy atom. The number of hydrogen-bond donors (Lipinski definition) is 2. The maximum atomic E-state index is 6.66. The van der Waals surface area contributed by atoms with Crippen LogP contribution in [0.15, 0.2) is 49.1 Å². The van der Waals surface area contributed by atoms with Crippen molar-refractivity contribution in [1.82, 2.24) is 24.5 Å². The van der Waals surface area contributed by atoms with Gasteiger partial charge < -0.3 is 20.4 Å². The lowest BCUT2D eigenvalue weighted by molar-refractivity contribution is 0.324. The van der Waals surface area contributed by atoms with E-state index < -0.39 is 0 Å². The van der Waals surface area contributed by atoms with Crippen LogP contribution in [0.2, 0.25) is 0 Å². The van der Waals surface area contributed by atoms with E-state index in [1.165, 1.54) is 19.3 Å². The van der Waals surface area contributed by atoms with Crippen LogP contribution in [0.3, 0.4) is 0 Å². The number of nitrogens with one attached hydrogen (secondary N) is 1. The first kappa shape index (κ1) is 18.1. The number of rotatable bonds is 6. The minimum Gasteiger partial charge on any atom is -0.424 e. The molecule has 8 heteroatoms. The Bertz CT molecular complexity index is 1230. The predicted octanol–water partition coefficient (Wildman–Crippen LogP) is 4.56. The van der Waals surface area contributed by atoms with Gasteiger partial charge >= 0.3 is 6.01 Å². The fraction of sp³-hybridized carbons (Fsp3) is 0.304. The topological polar surface area (TPSA) is 104 Å². The average Bonchev–Trinajstić information content (AvgIpc) is 3.53. The summed E-state index contributed by atoms with van der Waals surface area (Å²) in [5.74, 6) is 1.36. The molecule has 0 bridgehead atoms. The smallest absolute Gasteiger partial charge is 0.321 e. The van der Waals surface area contributed by atoms with Crippen molar-refractivity contribution in [2.24, 2.45) is 0 Å². The van der Waals surface area contributed by atoms with Crippen molar-refractivity contribution in [1.29, 1.82) is 0 Å². The van der Waals surface area contributed by atoms with Crippen LogP contribution in [-0.2, 0) is 0 Å². The molecule has 0 unspecified atom stereocenters. The highest BCUT2D eigenvalue weighted by atomic mass is 16.5. The summed E-state index contributed by atoms with van der Waals surface area (Å²) in [5, 5.41) is 4.34. The van der Waals surface area contributed by atoms with Gasteiger partial charge in [0.05, 0.1) is 16.9 Å². The summed E-state index contributed by atoms with van der Waals surface area (Å²) in [7, 11) is 0. The number of fused-ring (bicyclic) bond motifs is 1. The molecule has 156 valence electrons. The Balaban J connectivity index is 1.43. The van der Waals surface area contributed by atoms with E-state index in [2.05, 4.69) is 29.8 Å². The summed E-state index contributed by atoms with van der Waals surface area (Å²) < 4.78 is 8.21. The van der Waals surface area contributed by atoms with E-state index in [4.69, 9.17) is 10.5 Å². The van der Waals surface area contributed by atoms with E-state index in [9.17, 15) is 0 Å². The Kier molecular flexibility index (Phi) is 4.22. The molecular formula is C23H23N7O. The Morgan fingerprint density at radius 1 is 1.00 bits per heavy atom. The van der Waals surface area contributed by atoms with Crippen LogP contribution in [0.25, 0.3) is 22.2 Å². The van der Waals surface area contributed by atoms with Gasteiger partial charge in [0, 0.05) is 53.9 Å². The van der Waals surface area contributed by atoms with Crippen LogP contribution in [0.5, 0.6) is 11.8 Å². The molecule has 2 saturated carbocycles. The predicted molar refractivity (Wildman–Crippen MR) is 119 cm³/mol. The first-order valence-corrected chi connectivity index (χ1v) is 10.7. The summed E-state index contributed by atoms with van der Waals surface area (Å²) in [6, 6.07) is 8.94. The van der Waals surface area contributed by atoms with Gasteiger partial charge in [0.1, 0.15) is 5.75 Å². The fourth-order valence-corrected chi connectivity index (χ4v) is 4.08. The van der Waals surface area contributed by atoms with Crippen LogP contribution < -0.4 is 15.8 Å². The van der Waals surface area contributed by atoms with Gasteiger partial charge in [-0.25, -0.2) is 19.9 Å². The Morgan fingerprint density at radius 2 is 1.77 bits per heavy atom. The second kappa shape index (κ2) is 7.23. The highest BCUT2D eigenvalue weighted by Crippen LogP contribution is 2.44. The minimum atomic E-state index is 0.323. The molecule has 3 N–H and O–H groups in total. The molecule has 0 amide bonds. The molecular weight excluding hydrogens is 390 g/mol. The van der Waals surface area contributed by atoms with E-state index in [1.807, 2.05) is 30.6 Å². The Hall–Kier alpha value is -3.68. The van der Waals surface area contributed by atoms with Crippen molar-refractivity contribution in [3.8, 4) is 23.0 Å². The lowest BCUT2D eigenvalue weighted by Gasteiger charge is -2.30. The van der Waals surface area contributed by atoms with Gasteiger partial charge in [-0.3, -0.25) is 0 Å². The molecule has 31 heavy (non-hydrogen) atoms. The van der Waals surface area contributed by atoms with Crippen molar-refractivity contribution in [2.75, 3.05) is 11.1 Å². The second-order valence-electron chi connectivity index (χ2n) is 8.24. The summed E-state index contributed by atoms with van der Waals surface area (Å²) in [6.45, 7) is 0. The third-order valence-corrected chi connectivity index (χ3v) is 6.04. The fourth-order valence-electron chi connectivity index (χ4n) is 4.08. The number of ether oxygens (including phenoxy) is 1. The van der Waals surface area contributed by atoms with E-state index in [-0.39, 0.29) is 0 Å². The maximum Gasteiger partial charge on any atom is 0.321 e. The van der Waals surface area contributed by atoms with E-state index >= 15 is 0 Å². The maximum absolute atomic E-state index is 6.66. The number of nitrogens with zero attached hydrogens (tertiary/aromatic N) is 5. The number of nitrogens with two attached hydrogens (primary N) is 1. The van der Waals surface area contributed by atoms with Gasteiger partial charge in [-0.1, -0.05) is 0 Å². The van der Waals surface area contributed by atoms with Crippen LogP contribution in [0.1, 0.15) is 38.1 Å². The molecule has 0 atom stereocenters. The summed E-state index contributed by atoms with van der Waals surface area (Å²) in [5.41, 5.74) is 10.4. The summed E-state index contributed by atoms with van der Waals surface area (Å²) >= 11 is 0. The highest BCUT2D eigenvalue weighted by Gasteiger charge is 2.28. The second-order valence-corrected chi connectivity index (χ2v) is 8.24. The van der Waals surface area contributed by atoms with Gasteiger partial charge in [0.25, 0.3) is 0 Å². The Labute approximate surface area is 179 Å². The molecule has 4 aromatic rings. The van der Waals surface area contributed by atoms with Gasteiger partial charge in [-0.05, 0) is 50.3 Å². The van der Waals surface area contributed by atoms with Gasteiger partial charge in [-0.15, -0.1) is 0 Å². The molecule has 8 nitrogen and oxygen atoms in total. The van der Waals surface area contributed by atoms with Gasteiger partial charge in [0.2, 0.25) is 5.95 Å². The lowest BCUT2D eigenvalue weighted by atomic mass is 9.92. The van der Waals surface area contributed by atoms with Crippen molar-refractivity contribution >= 4 is 22.5 Å². The lowest BCUT2D eigenvalue weighted by Crippen LogP contribution is -2.18. The van der Waals surface area contributed by atoms with Crippen molar-refractivity contribution < 1.29 is 4.74 Å². The van der Waals surface area contributed by atoms with E-state index in [1.54, 1.807) is 18.5 Å².